The number of nitrogens with zero attached hydrogens (tertiary/aromatic N) is 1. The van der Waals surface area contributed by atoms with Crippen molar-refractivity contribution < 1.29 is 32.9 Å². The van der Waals surface area contributed by atoms with Crippen molar-refractivity contribution in [3.63, 3.8) is 0 Å². The maximum atomic E-state index is 12.9. The number of amides is 1. The molecule has 0 saturated carbocycles. The number of aliphatic hydroxyl groups is 1. The average Bonchev–Trinajstić information content (AvgIpc) is 3.33. The molecule has 0 aromatic carbocycles. The Morgan fingerprint density at radius 2 is 0.859 bits per heavy atom. The van der Waals surface area contributed by atoms with E-state index in [1.807, 2.05) is 21.1 Å². The minimum absolute atomic E-state index is 0.0138. The van der Waals surface area contributed by atoms with Crippen LogP contribution in [0.25, 0.3) is 0 Å². The largest absolute Gasteiger partial charge is 0.756 e. The molecule has 1 amide bonds. The number of allylic oxidation sites excluding steroid dienone is 8. The van der Waals surface area contributed by atoms with Crippen molar-refractivity contribution >= 4 is 13.7 Å². The molecule has 0 spiro atoms. The number of aliphatic hydroxyl groups excluding tert-OH is 1. The number of carbonyl (C=O) groups is 1. The first-order chi connectivity index (χ1) is 34.5. The quantitative estimate of drug-likeness (QED) is 0.0272. The number of phosphoric ester groups is 1. The van der Waals surface area contributed by atoms with Gasteiger partial charge in [-0.15, -0.1) is 0 Å². The Bertz CT molecular complexity index is 1290. The van der Waals surface area contributed by atoms with E-state index in [0.29, 0.717) is 23.9 Å². The van der Waals surface area contributed by atoms with Gasteiger partial charge in [0.1, 0.15) is 13.2 Å². The van der Waals surface area contributed by atoms with E-state index in [1.54, 1.807) is 0 Å². The zero-order valence-electron chi connectivity index (χ0n) is 47.7. The fraction of sp³-hybridized carbons (Fsp3) is 0.855. The Morgan fingerprint density at radius 1 is 0.507 bits per heavy atom. The van der Waals surface area contributed by atoms with E-state index in [0.717, 1.165) is 64.2 Å². The molecule has 0 heterocycles. The summed E-state index contributed by atoms with van der Waals surface area (Å²) in [5.74, 6) is -0.162. The van der Waals surface area contributed by atoms with Gasteiger partial charge in [-0.05, 0) is 51.4 Å². The van der Waals surface area contributed by atoms with Gasteiger partial charge < -0.3 is 28.8 Å². The molecule has 0 aliphatic carbocycles. The molecule has 71 heavy (non-hydrogen) atoms. The maximum Gasteiger partial charge on any atom is 0.268 e. The first kappa shape index (κ1) is 69.5. The zero-order chi connectivity index (χ0) is 52.0. The third-order valence-corrected chi connectivity index (χ3v) is 14.8. The lowest BCUT2D eigenvalue weighted by Crippen LogP contribution is -2.46. The number of rotatable bonds is 56. The summed E-state index contributed by atoms with van der Waals surface area (Å²) in [5.41, 5.74) is 0. The number of hydrogen-bond donors (Lipinski definition) is 2. The van der Waals surface area contributed by atoms with Crippen LogP contribution in [0.5, 0.6) is 0 Å². The number of phosphoric acid groups is 1. The lowest BCUT2D eigenvalue weighted by molar-refractivity contribution is -0.870. The molecule has 0 bridgehead atoms. The van der Waals surface area contributed by atoms with E-state index in [-0.39, 0.29) is 19.1 Å². The molecule has 8 nitrogen and oxygen atoms in total. The molecule has 0 saturated heterocycles. The predicted molar refractivity (Wildman–Crippen MR) is 307 cm³/mol. The standard InChI is InChI=1S/C62H119N2O6P/c1-6-8-10-12-14-16-18-19-20-21-22-23-24-25-26-27-28-29-30-31-32-33-34-35-36-37-38-39-40-41-42-43-44-45-46-48-50-52-54-56-62(66)63-60(59-70-71(67,68)69-58-57-64(3,4)5)61(65)55-53-51-49-47-17-15-13-11-9-7-2/h8,10,14,16,19-20,22-23,60-61,65H,6-7,9,11-13,15,17-18,21,24-59H2,1-5H3,(H-,63,66,67,68)/b10-8-,16-14-,20-19-,23-22-. The lowest BCUT2D eigenvalue weighted by atomic mass is 10.0. The van der Waals surface area contributed by atoms with Crippen molar-refractivity contribution in [3.05, 3.63) is 48.6 Å². The highest BCUT2D eigenvalue weighted by Gasteiger charge is 2.24. The molecule has 0 radical (unpaired) electrons. The Hall–Kier alpha value is -1.54. The molecular formula is C62H119N2O6P. The van der Waals surface area contributed by atoms with Gasteiger partial charge in [-0.2, -0.15) is 0 Å². The zero-order valence-corrected chi connectivity index (χ0v) is 48.6. The third-order valence-electron chi connectivity index (χ3n) is 13.8. The van der Waals surface area contributed by atoms with Gasteiger partial charge in [0, 0.05) is 6.42 Å². The van der Waals surface area contributed by atoms with E-state index in [9.17, 15) is 19.4 Å². The van der Waals surface area contributed by atoms with Crippen molar-refractivity contribution in [3.8, 4) is 0 Å². The van der Waals surface area contributed by atoms with Crippen LogP contribution in [0.3, 0.4) is 0 Å². The van der Waals surface area contributed by atoms with Gasteiger partial charge in [-0.1, -0.05) is 281 Å². The molecule has 0 fully saturated rings. The second-order valence-corrected chi connectivity index (χ2v) is 23.4. The third kappa shape index (κ3) is 56.0. The minimum atomic E-state index is -4.56. The Balaban J connectivity index is 3.80. The molecule has 0 rings (SSSR count). The van der Waals surface area contributed by atoms with Crippen LogP contribution in [0, 0.1) is 0 Å². The van der Waals surface area contributed by atoms with Crippen LogP contribution in [-0.4, -0.2) is 68.5 Å². The van der Waals surface area contributed by atoms with Crippen LogP contribution in [0.2, 0.25) is 0 Å². The van der Waals surface area contributed by atoms with Crippen LogP contribution >= 0.6 is 7.82 Å². The summed E-state index contributed by atoms with van der Waals surface area (Å²) in [4.78, 5) is 25.4. The second-order valence-electron chi connectivity index (χ2n) is 22.0. The highest BCUT2D eigenvalue weighted by Crippen LogP contribution is 2.38. The average molecular weight is 1020 g/mol. The summed E-state index contributed by atoms with van der Waals surface area (Å²) in [6, 6.07) is -0.797. The summed E-state index contributed by atoms with van der Waals surface area (Å²) in [5, 5.41) is 13.9. The second kappa shape index (κ2) is 53.3. The summed E-state index contributed by atoms with van der Waals surface area (Å²) in [7, 11) is 1.31. The molecule has 0 aliphatic rings. The SMILES string of the molecule is CC/C=C\C/C=C\C/C=C\C/C=C\CCCCCCCCCCCCCCCCCCCCCCCCCCCCC(=O)NC(COP(=O)([O-])OCC[N+](C)(C)C)C(O)CCCCCCCCCCCC. The van der Waals surface area contributed by atoms with E-state index in [2.05, 4.69) is 67.8 Å². The summed E-state index contributed by atoms with van der Waals surface area (Å²) in [6.07, 6.45) is 70.5. The van der Waals surface area contributed by atoms with Gasteiger partial charge in [0.05, 0.1) is 39.9 Å². The van der Waals surface area contributed by atoms with Gasteiger partial charge in [-0.3, -0.25) is 9.36 Å². The number of quaternary nitrogens is 1. The van der Waals surface area contributed by atoms with Crippen molar-refractivity contribution in [2.45, 2.75) is 302 Å². The van der Waals surface area contributed by atoms with Crippen molar-refractivity contribution in [1.29, 1.82) is 0 Å². The normalized spacial score (nSPS) is 14.2. The Labute approximate surface area is 441 Å². The van der Waals surface area contributed by atoms with E-state index in [1.165, 1.54) is 199 Å². The van der Waals surface area contributed by atoms with Gasteiger partial charge in [0.15, 0.2) is 0 Å². The van der Waals surface area contributed by atoms with Crippen molar-refractivity contribution in [2.75, 3.05) is 40.9 Å². The van der Waals surface area contributed by atoms with E-state index in [4.69, 9.17) is 9.05 Å². The van der Waals surface area contributed by atoms with Gasteiger partial charge >= 0.3 is 0 Å². The number of carbonyl (C=O) groups excluding carboxylic acids is 1. The van der Waals surface area contributed by atoms with Crippen molar-refractivity contribution in [1.82, 2.24) is 5.32 Å². The topological polar surface area (TPSA) is 108 Å². The Morgan fingerprint density at radius 3 is 1.25 bits per heavy atom. The van der Waals surface area contributed by atoms with Crippen LogP contribution in [0.1, 0.15) is 290 Å². The van der Waals surface area contributed by atoms with Crippen LogP contribution in [0.4, 0.5) is 0 Å². The molecule has 0 aromatic heterocycles. The molecule has 0 aromatic rings. The van der Waals surface area contributed by atoms with E-state index < -0.39 is 20.0 Å². The number of likely N-dealkylation sites (N-methyl/N-ethyl adjacent to an activating group) is 1. The van der Waals surface area contributed by atoms with Gasteiger partial charge in [0.25, 0.3) is 7.82 Å². The molecule has 9 heteroatoms. The highest BCUT2D eigenvalue weighted by atomic mass is 31.2. The molecule has 418 valence electrons. The van der Waals surface area contributed by atoms with Gasteiger partial charge in [0.2, 0.25) is 5.91 Å². The Kier molecular flexibility index (Phi) is 52.1. The summed E-state index contributed by atoms with van der Waals surface area (Å²) in [6.45, 7) is 4.61. The molecule has 3 atom stereocenters. The number of unbranched alkanes of at least 4 members (excludes halogenated alkanes) is 35. The summed E-state index contributed by atoms with van der Waals surface area (Å²) < 4.78 is 23.3. The van der Waals surface area contributed by atoms with Crippen LogP contribution in [0.15, 0.2) is 48.6 Å². The molecule has 0 aliphatic heterocycles. The highest BCUT2D eigenvalue weighted by molar-refractivity contribution is 7.45. The maximum absolute atomic E-state index is 12.9. The summed E-state index contributed by atoms with van der Waals surface area (Å²) >= 11 is 0. The van der Waals surface area contributed by atoms with Gasteiger partial charge in [-0.25, -0.2) is 0 Å². The molecule has 2 N–H and O–H groups in total. The van der Waals surface area contributed by atoms with Crippen molar-refractivity contribution in [2.24, 2.45) is 0 Å². The van der Waals surface area contributed by atoms with Crippen LogP contribution in [-0.2, 0) is 18.4 Å². The fourth-order valence-corrected chi connectivity index (χ4v) is 9.82. The monoisotopic (exact) mass is 1020 g/mol. The molecular weight excluding hydrogens is 900 g/mol. The fourth-order valence-electron chi connectivity index (χ4n) is 9.09. The first-order valence-corrected chi connectivity index (χ1v) is 31.9. The van der Waals surface area contributed by atoms with Crippen LogP contribution < -0.4 is 10.2 Å². The van der Waals surface area contributed by atoms with E-state index >= 15 is 0 Å². The first-order valence-electron chi connectivity index (χ1n) is 30.5. The molecule has 3 unspecified atom stereocenters. The number of nitrogens with one attached hydrogen (secondary N) is 1. The minimum Gasteiger partial charge on any atom is -0.756 e. The smallest absolute Gasteiger partial charge is 0.268 e. The predicted octanol–water partition coefficient (Wildman–Crippen LogP) is 18.1. The lowest BCUT2D eigenvalue weighted by Gasteiger charge is -2.30. The number of hydrogen-bond acceptors (Lipinski definition) is 6.